The second kappa shape index (κ2) is 6.03. The Hall–Kier alpha value is -2.32. The quantitative estimate of drug-likeness (QED) is 0.494. The highest BCUT2D eigenvalue weighted by molar-refractivity contribution is 6.03. The monoisotopic (exact) mass is 257 g/mol. The average Bonchev–Trinajstić information content (AvgIpc) is 2.90. The number of hydrogen-bond donors (Lipinski definition) is 2. The molecule has 0 atom stereocenters. The van der Waals surface area contributed by atoms with Crippen molar-refractivity contribution < 1.29 is 9.53 Å². The van der Waals surface area contributed by atoms with E-state index in [9.17, 15) is 4.79 Å². The zero-order valence-corrected chi connectivity index (χ0v) is 10.9. The Morgan fingerprint density at radius 1 is 1.53 bits per heavy atom. The molecular weight excluding hydrogens is 242 g/mol. The van der Waals surface area contributed by atoms with Crippen molar-refractivity contribution in [3.05, 3.63) is 29.5 Å². The fourth-order valence-corrected chi connectivity index (χ4v) is 1.75. The van der Waals surface area contributed by atoms with Gasteiger partial charge in [0.15, 0.2) is 0 Å². The molecule has 5 nitrogen and oxygen atoms in total. The molecule has 0 spiro atoms. The predicted molar refractivity (Wildman–Crippen MR) is 72.9 cm³/mol. The van der Waals surface area contributed by atoms with E-state index in [0.717, 1.165) is 29.4 Å². The first-order valence-corrected chi connectivity index (χ1v) is 5.95. The van der Waals surface area contributed by atoms with Gasteiger partial charge in [0.1, 0.15) is 0 Å². The fourth-order valence-electron chi connectivity index (χ4n) is 1.75. The summed E-state index contributed by atoms with van der Waals surface area (Å²) in [7, 11) is 3.24. The number of rotatable bonds is 3. The summed E-state index contributed by atoms with van der Waals surface area (Å²) in [5.74, 6) is 5.70. The molecule has 0 aliphatic heterocycles. The van der Waals surface area contributed by atoms with E-state index in [2.05, 4.69) is 27.4 Å². The van der Waals surface area contributed by atoms with E-state index in [1.807, 2.05) is 13.1 Å². The van der Waals surface area contributed by atoms with Crippen LogP contribution in [-0.4, -0.2) is 36.9 Å². The van der Waals surface area contributed by atoms with Crippen molar-refractivity contribution in [2.45, 2.75) is 6.42 Å². The molecule has 2 N–H and O–H groups in total. The number of hydrogen-bond acceptors (Lipinski definition) is 4. The number of ether oxygens (including phenoxy) is 1. The van der Waals surface area contributed by atoms with Crippen LogP contribution in [0.4, 0.5) is 0 Å². The third-order valence-electron chi connectivity index (χ3n) is 2.70. The molecule has 1 heterocycles. The maximum Gasteiger partial charge on any atom is 0.338 e. The van der Waals surface area contributed by atoms with Gasteiger partial charge in [-0.25, -0.2) is 4.79 Å². The molecule has 1 aromatic carbocycles. The molecule has 0 unspecified atom stereocenters. The number of carbonyl (C=O) groups excluding carboxylic acids is 1. The van der Waals surface area contributed by atoms with Gasteiger partial charge in [-0.3, -0.25) is 5.10 Å². The minimum absolute atomic E-state index is 0.384. The number of H-pyrrole nitrogens is 1. The van der Waals surface area contributed by atoms with Gasteiger partial charge in [0.25, 0.3) is 0 Å². The Balaban J connectivity index is 2.39. The number of nitrogens with one attached hydrogen (secondary N) is 2. The molecule has 0 amide bonds. The number of fused-ring (bicyclic) bond motifs is 1. The summed E-state index contributed by atoms with van der Waals surface area (Å²) in [6.07, 6.45) is 2.37. The van der Waals surface area contributed by atoms with Crippen molar-refractivity contribution in [2.75, 3.05) is 20.7 Å². The molecule has 2 aromatic rings. The van der Waals surface area contributed by atoms with Gasteiger partial charge in [-0.15, -0.1) is 0 Å². The van der Waals surface area contributed by atoms with Gasteiger partial charge in [0.2, 0.25) is 0 Å². The maximum atomic E-state index is 11.7. The van der Waals surface area contributed by atoms with Crippen LogP contribution in [0.3, 0.4) is 0 Å². The second-order valence-electron chi connectivity index (χ2n) is 4.00. The molecule has 0 aliphatic carbocycles. The highest BCUT2D eigenvalue weighted by Crippen LogP contribution is 2.19. The lowest BCUT2D eigenvalue weighted by Gasteiger charge is -2.01. The van der Waals surface area contributed by atoms with Crippen LogP contribution >= 0.6 is 0 Å². The normalized spacial score (nSPS) is 10.0. The van der Waals surface area contributed by atoms with E-state index < -0.39 is 0 Å². The summed E-state index contributed by atoms with van der Waals surface area (Å²) in [5.41, 5.74) is 2.03. The highest BCUT2D eigenvalue weighted by atomic mass is 16.5. The number of aromatic nitrogens is 2. The highest BCUT2D eigenvalue weighted by Gasteiger charge is 2.12. The lowest BCUT2D eigenvalue weighted by atomic mass is 10.1. The van der Waals surface area contributed by atoms with Crippen LogP contribution in [0.15, 0.2) is 18.3 Å². The topological polar surface area (TPSA) is 67.0 Å². The second-order valence-corrected chi connectivity index (χ2v) is 4.00. The van der Waals surface area contributed by atoms with Gasteiger partial charge in [-0.1, -0.05) is 11.8 Å². The van der Waals surface area contributed by atoms with Crippen LogP contribution in [0.5, 0.6) is 0 Å². The van der Waals surface area contributed by atoms with E-state index in [1.165, 1.54) is 7.11 Å². The van der Waals surface area contributed by atoms with E-state index in [0.29, 0.717) is 5.56 Å². The van der Waals surface area contributed by atoms with Crippen molar-refractivity contribution >= 4 is 16.9 Å². The molecule has 0 radical (unpaired) electrons. The Morgan fingerprint density at radius 3 is 3.11 bits per heavy atom. The first-order valence-electron chi connectivity index (χ1n) is 5.95. The molecule has 0 aliphatic rings. The summed E-state index contributed by atoms with van der Waals surface area (Å²) in [6, 6.07) is 3.61. The van der Waals surface area contributed by atoms with Gasteiger partial charge in [0, 0.05) is 23.9 Å². The van der Waals surface area contributed by atoms with Gasteiger partial charge in [-0.2, -0.15) is 5.10 Å². The number of carbonyl (C=O) groups is 1. The molecule has 0 bridgehead atoms. The van der Waals surface area contributed by atoms with E-state index >= 15 is 0 Å². The van der Waals surface area contributed by atoms with Crippen LogP contribution in [0, 0.1) is 11.8 Å². The van der Waals surface area contributed by atoms with E-state index in [4.69, 9.17) is 4.74 Å². The average molecular weight is 257 g/mol. The number of methoxy groups -OCH3 is 1. The lowest BCUT2D eigenvalue weighted by Crippen LogP contribution is -2.06. The van der Waals surface area contributed by atoms with Crippen LogP contribution in [0.2, 0.25) is 0 Å². The van der Waals surface area contributed by atoms with Crippen LogP contribution in [0.1, 0.15) is 22.3 Å². The number of esters is 1. The summed E-state index contributed by atoms with van der Waals surface area (Å²) >= 11 is 0. The van der Waals surface area contributed by atoms with Gasteiger partial charge < -0.3 is 10.1 Å². The summed E-state index contributed by atoms with van der Waals surface area (Å²) in [6.45, 7) is 0.836. The summed E-state index contributed by atoms with van der Waals surface area (Å²) < 4.78 is 4.77. The number of nitrogens with zero attached hydrogens (tertiary/aromatic N) is 1. The van der Waals surface area contributed by atoms with E-state index in [-0.39, 0.29) is 5.97 Å². The SMILES string of the molecule is CNCCC#Cc1cc(C(=O)OC)c2cn[nH]c2c1. The minimum Gasteiger partial charge on any atom is -0.465 e. The van der Waals surface area contributed by atoms with Crippen molar-refractivity contribution in [2.24, 2.45) is 0 Å². The third kappa shape index (κ3) is 2.92. The largest absolute Gasteiger partial charge is 0.465 e. The summed E-state index contributed by atoms with van der Waals surface area (Å²) in [5, 5.41) is 10.6. The molecule has 19 heavy (non-hydrogen) atoms. The van der Waals surface area contributed by atoms with Crippen molar-refractivity contribution in [3.8, 4) is 11.8 Å². The van der Waals surface area contributed by atoms with Gasteiger partial charge in [-0.05, 0) is 19.2 Å². The Labute approximate surface area is 111 Å². The van der Waals surface area contributed by atoms with Crippen LogP contribution in [0.25, 0.3) is 10.9 Å². The molecule has 0 saturated heterocycles. The molecule has 1 aromatic heterocycles. The van der Waals surface area contributed by atoms with E-state index in [1.54, 1.807) is 12.3 Å². The van der Waals surface area contributed by atoms with Gasteiger partial charge in [0.05, 0.1) is 24.4 Å². The fraction of sp³-hybridized carbons (Fsp3) is 0.286. The Kier molecular flexibility index (Phi) is 4.16. The zero-order chi connectivity index (χ0) is 13.7. The zero-order valence-electron chi connectivity index (χ0n) is 10.9. The Bertz CT molecular complexity index is 649. The molecule has 2 rings (SSSR count). The lowest BCUT2D eigenvalue weighted by molar-refractivity contribution is 0.0603. The van der Waals surface area contributed by atoms with Crippen molar-refractivity contribution in [1.82, 2.24) is 15.5 Å². The smallest absolute Gasteiger partial charge is 0.338 e. The molecule has 0 saturated carbocycles. The molecular formula is C14H15N3O2. The van der Waals surface area contributed by atoms with Crippen molar-refractivity contribution in [3.63, 3.8) is 0 Å². The van der Waals surface area contributed by atoms with Crippen molar-refractivity contribution in [1.29, 1.82) is 0 Å². The molecule has 5 heteroatoms. The van der Waals surface area contributed by atoms with Crippen LogP contribution < -0.4 is 5.32 Å². The van der Waals surface area contributed by atoms with Crippen LogP contribution in [-0.2, 0) is 4.74 Å². The Morgan fingerprint density at radius 2 is 2.37 bits per heavy atom. The first kappa shape index (κ1) is 13.1. The number of benzene rings is 1. The molecule has 98 valence electrons. The predicted octanol–water partition coefficient (Wildman–Crippen LogP) is 1.31. The first-order chi connectivity index (χ1) is 9.26. The number of aromatic amines is 1. The standard InChI is InChI=1S/C14H15N3O2/c1-15-6-4-3-5-10-7-11(14(18)19-2)12-9-16-17-13(12)8-10/h7-9,15H,4,6H2,1-2H3,(H,16,17). The summed E-state index contributed by atoms with van der Waals surface area (Å²) in [4.78, 5) is 11.7. The molecule has 0 fully saturated rings. The maximum absolute atomic E-state index is 11.7. The third-order valence-corrected chi connectivity index (χ3v) is 2.70. The van der Waals surface area contributed by atoms with Gasteiger partial charge >= 0.3 is 5.97 Å². The minimum atomic E-state index is -0.384.